The Bertz CT molecular complexity index is 230. The molecule has 0 amide bonds. The minimum absolute atomic E-state index is 0.309. The molecule has 14 heavy (non-hydrogen) atoms. The molecule has 0 bridgehead atoms. The largest absolute Gasteiger partial charge is 0.480 e. The highest BCUT2D eigenvalue weighted by Gasteiger charge is 2.46. The molecule has 0 aromatic carbocycles. The van der Waals surface area contributed by atoms with Crippen LogP contribution in [0, 0.1) is 0 Å². The van der Waals surface area contributed by atoms with Crippen LogP contribution < -0.4 is 5.32 Å². The fraction of sp³-hybridized carbons (Fsp3) is 0.700. The summed E-state index contributed by atoms with van der Waals surface area (Å²) in [6, 6.07) is 0.309. The molecule has 0 aromatic heterocycles. The van der Waals surface area contributed by atoms with E-state index in [0.717, 1.165) is 0 Å². The quantitative estimate of drug-likeness (QED) is 0.638. The summed E-state index contributed by atoms with van der Waals surface area (Å²) < 4.78 is 0. The molecule has 1 aliphatic rings. The van der Waals surface area contributed by atoms with Crippen molar-refractivity contribution in [2.45, 2.75) is 24.9 Å². The number of carboxylic acid groups (broad SMARTS) is 1. The number of hydrogen-bond acceptors (Lipinski definition) is 3. The highest BCUT2D eigenvalue weighted by Crippen LogP contribution is 2.25. The van der Waals surface area contributed by atoms with E-state index >= 15 is 0 Å². The van der Waals surface area contributed by atoms with Gasteiger partial charge in [0.25, 0.3) is 0 Å². The van der Waals surface area contributed by atoms with Gasteiger partial charge in [0.15, 0.2) is 0 Å². The molecule has 1 saturated heterocycles. The average molecular weight is 198 g/mol. The van der Waals surface area contributed by atoms with Crippen LogP contribution in [-0.2, 0) is 4.79 Å². The van der Waals surface area contributed by atoms with Crippen LogP contribution in [0.2, 0.25) is 0 Å². The number of carbonyl (C=O) groups is 1. The van der Waals surface area contributed by atoms with Gasteiger partial charge in [0.2, 0.25) is 0 Å². The summed E-state index contributed by atoms with van der Waals surface area (Å²) >= 11 is 0. The first-order valence-electron chi connectivity index (χ1n) is 4.81. The van der Waals surface area contributed by atoms with Crippen LogP contribution in [0.15, 0.2) is 12.7 Å². The second kappa shape index (κ2) is 4.11. The van der Waals surface area contributed by atoms with Crippen molar-refractivity contribution in [2.24, 2.45) is 0 Å². The van der Waals surface area contributed by atoms with Gasteiger partial charge in [-0.1, -0.05) is 6.08 Å². The summed E-state index contributed by atoms with van der Waals surface area (Å²) in [5.41, 5.74) is -0.789. The SMILES string of the molecule is C=CCNC1(C(=O)O)CC(C)N(C)C1. The minimum Gasteiger partial charge on any atom is -0.480 e. The molecule has 1 heterocycles. The van der Waals surface area contributed by atoms with Gasteiger partial charge in [-0.25, -0.2) is 0 Å². The third-order valence-corrected chi connectivity index (χ3v) is 2.91. The Morgan fingerprint density at radius 3 is 2.86 bits per heavy atom. The van der Waals surface area contributed by atoms with Crippen LogP contribution in [0.5, 0.6) is 0 Å². The fourth-order valence-corrected chi connectivity index (χ4v) is 1.93. The zero-order valence-electron chi connectivity index (χ0n) is 8.79. The molecule has 2 atom stereocenters. The molecule has 0 radical (unpaired) electrons. The molecular formula is C10H18N2O2. The average Bonchev–Trinajstić information content (AvgIpc) is 2.41. The van der Waals surface area contributed by atoms with Crippen molar-refractivity contribution < 1.29 is 9.90 Å². The van der Waals surface area contributed by atoms with E-state index in [0.29, 0.717) is 25.6 Å². The number of aliphatic carboxylic acids is 1. The smallest absolute Gasteiger partial charge is 0.325 e. The number of nitrogens with one attached hydrogen (secondary N) is 1. The van der Waals surface area contributed by atoms with Crippen LogP contribution >= 0.6 is 0 Å². The van der Waals surface area contributed by atoms with Gasteiger partial charge in [-0.2, -0.15) is 0 Å². The molecule has 2 unspecified atom stereocenters. The second-order valence-electron chi connectivity index (χ2n) is 4.03. The predicted molar refractivity (Wildman–Crippen MR) is 55.3 cm³/mol. The predicted octanol–water partition coefficient (Wildman–Crippen LogP) is 0.309. The van der Waals surface area contributed by atoms with Crippen molar-refractivity contribution in [3.8, 4) is 0 Å². The Morgan fingerprint density at radius 2 is 2.50 bits per heavy atom. The Hall–Kier alpha value is -0.870. The lowest BCUT2D eigenvalue weighted by Crippen LogP contribution is -2.53. The van der Waals surface area contributed by atoms with Gasteiger partial charge < -0.3 is 10.0 Å². The Balaban J connectivity index is 2.74. The maximum Gasteiger partial charge on any atom is 0.325 e. The minimum atomic E-state index is -0.789. The Labute approximate surface area is 84.6 Å². The Morgan fingerprint density at radius 1 is 1.86 bits per heavy atom. The zero-order valence-corrected chi connectivity index (χ0v) is 8.79. The summed E-state index contributed by atoms with van der Waals surface area (Å²) in [5.74, 6) is -0.768. The van der Waals surface area contributed by atoms with Gasteiger partial charge in [0.1, 0.15) is 5.54 Å². The molecular weight excluding hydrogens is 180 g/mol. The maximum absolute atomic E-state index is 11.2. The molecule has 1 rings (SSSR count). The second-order valence-corrected chi connectivity index (χ2v) is 4.03. The molecule has 1 fully saturated rings. The van der Waals surface area contributed by atoms with Gasteiger partial charge in [-0.3, -0.25) is 10.1 Å². The molecule has 0 saturated carbocycles. The van der Waals surface area contributed by atoms with Crippen molar-refractivity contribution >= 4 is 5.97 Å². The van der Waals surface area contributed by atoms with E-state index in [4.69, 9.17) is 0 Å². The zero-order chi connectivity index (χ0) is 10.8. The summed E-state index contributed by atoms with van der Waals surface area (Å²) in [4.78, 5) is 13.3. The van der Waals surface area contributed by atoms with Gasteiger partial charge in [0, 0.05) is 19.1 Å². The molecule has 4 heteroatoms. The van der Waals surface area contributed by atoms with Crippen LogP contribution in [0.4, 0.5) is 0 Å². The van der Waals surface area contributed by atoms with Crippen molar-refractivity contribution in [1.82, 2.24) is 10.2 Å². The van der Waals surface area contributed by atoms with Crippen molar-refractivity contribution in [2.75, 3.05) is 20.1 Å². The maximum atomic E-state index is 11.2. The lowest BCUT2D eigenvalue weighted by molar-refractivity contribution is -0.144. The monoisotopic (exact) mass is 198 g/mol. The van der Waals surface area contributed by atoms with E-state index in [1.165, 1.54) is 0 Å². The van der Waals surface area contributed by atoms with E-state index in [9.17, 15) is 9.90 Å². The van der Waals surface area contributed by atoms with E-state index in [1.807, 2.05) is 14.0 Å². The Kier molecular flexibility index (Phi) is 3.29. The first kappa shape index (κ1) is 11.2. The third-order valence-electron chi connectivity index (χ3n) is 2.91. The normalized spacial score (nSPS) is 33.1. The van der Waals surface area contributed by atoms with E-state index in [1.54, 1.807) is 6.08 Å². The molecule has 4 nitrogen and oxygen atoms in total. The van der Waals surface area contributed by atoms with E-state index in [-0.39, 0.29) is 0 Å². The highest BCUT2D eigenvalue weighted by atomic mass is 16.4. The number of nitrogens with zero attached hydrogens (tertiary/aromatic N) is 1. The lowest BCUT2D eigenvalue weighted by atomic mass is 9.96. The van der Waals surface area contributed by atoms with Crippen LogP contribution in [0.3, 0.4) is 0 Å². The van der Waals surface area contributed by atoms with E-state index in [2.05, 4.69) is 16.8 Å². The molecule has 0 aromatic rings. The number of carboxylic acids is 1. The first-order chi connectivity index (χ1) is 6.52. The van der Waals surface area contributed by atoms with Crippen molar-refractivity contribution in [1.29, 1.82) is 0 Å². The standard InChI is InChI=1S/C10H18N2O2/c1-4-5-11-10(9(13)14)6-8(2)12(3)7-10/h4,8,11H,1,5-7H2,2-3H3,(H,13,14). The summed E-state index contributed by atoms with van der Waals surface area (Å²) in [5, 5.41) is 12.2. The third kappa shape index (κ3) is 1.96. The summed E-state index contributed by atoms with van der Waals surface area (Å²) in [6.07, 6.45) is 2.33. The fourth-order valence-electron chi connectivity index (χ4n) is 1.93. The van der Waals surface area contributed by atoms with Gasteiger partial charge in [-0.15, -0.1) is 6.58 Å². The van der Waals surface area contributed by atoms with Crippen LogP contribution in [0.25, 0.3) is 0 Å². The van der Waals surface area contributed by atoms with Gasteiger partial charge >= 0.3 is 5.97 Å². The number of likely N-dealkylation sites (tertiary alicyclic amines) is 1. The lowest BCUT2D eigenvalue weighted by Gasteiger charge is -2.24. The van der Waals surface area contributed by atoms with Crippen LogP contribution in [0.1, 0.15) is 13.3 Å². The highest BCUT2D eigenvalue weighted by molar-refractivity contribution is 5.79. The van der Waals surface area contributed by atoms with Crippen molar-refractivity contribution in [3.05, 3.63) is 12.7 Å². The van der Waals surface area contributed by atoms with Crippen LogP contribution in [-0.4, -0.2) is 47.7 Å². The van der Waals surface area contributed by atoms with Crippen molar-refractivity contribution in [3.63, 3.8) is 0 Å². The molecule has 80 valence electrons. The first-order valence-corrected chi connectivity index (χ1v) is 4.81. The number of hydrogen-bond donors (Lipinski definition) is 2. The topological polar surface area (TPSA) is 52.6 Å². The molecule has 1 aliphatic heterocycles. The number of likely N-dealkylation sites (N-methyl/N-ethyl adjacent to an activating group) is 1. The summed E-state index contributed by atoms with van der Waals surface area (Å²) in [7, 11) is 1.95. The van der Waals surface area contributed by atoms with E-state index < -0.39 is 11.5 Å². The summed E-state index contributed by atoms with van der Waals surface area (Å²) in [6.45, 7) is 6.71. The molecule has 0 spiro atoms. The molecule has 2 N–H and O–H groups in total. The van der Waals surface area contributed by atoms with Gasteiger partial charge in [-0.05, 0) is 20.4 Å². The number of rotatable bonds is 4. The van der Waals surface area contributed by atoms with Gasteiger partial charge in [0.05, 0.1) is 0 Å². The molecule has 0 aliphatic carbocycles.